The minimum absolute atomic E-state index is 0.00315. The van der Waals surface area contributed by atoms with E-state index in [1.54, 1.807) is 0 Å². The van der Waals surface area contributed by atoms with E-state index in [9.17, 15) is 9.59 Å². The van der Waals surface area contributed by atoms with Crippen LogP contribution in [0.4, 0.5) is 0 Å². The number of carbonyl (C=O) groups excluding carboxylic acids is 2. The molecule has 0 spiro atoms. The molecule has 0 radical (unpaired) electrons. The minimum Gasteiger partial charge on any atom is -0.353 e. The Balaban J connectivity index is 2.05. The van der Waals surface area contributed by atoms with Crippen molar-refractivity contribution >= 4 is 11.8 Å². The molecule has 104 valence electrons. The summed E-state index contributed by atoms with van der Waals surface area (Å²) < 4.78 is 0. The molecule has 1 saturated carbocycles. The third-order valence-corrected chi connectivity index (χ3v) is 3.37. The smallest absolute Gasteiger partial charge is 0.239 e. The van der Waals surface area contributed by atoms with Crippen LogP contribution in [0, 0.1) is 0 Å². The van der Waals surface area contributed by atoms with Crippen molar-refractivity contribution in [3.63, 3.8) is 0 Å². The molecule has 0 aromatic rings. The monoisotopic (exact) mass is 256 g/mol. The molecule has 1 aliphatic rings. The first-order chi connectivity index (χ1) is 8.63. The molecule has 0 aliphatic heterocycles. The van der Waals surface area contributed by atoms with Gasteiger partial charge in [-0.05, 0) is 19.9 Å². The standard InChI is InChI=1S/C12H24N4O2/c1-16(10-4-2-3-5-10)7-6-14-12(18)9-15-11(17)8-13/h10H,2-9,13H2,1H3,(H,14,18)(H,15,17). The van der Waals surface area contributed by atoms with E-state index in [-0.39, 0.29) is 24.9 Å². The molecule has 0 saturated heterocycles. The van der Waals surface area contributed by atoms with Crippen molar-refractivity contribution in [3.8, 4) is 0 Å². The van der Waals surface area contributed by atoms with Crippen LogP contribution in [-0.2, 0) is 9.59 Å². The molecule has 1 rings (SSSR count). The Hall–Kier alpha value is -1.14. The highest BCUT2D eigenvalue weighted by Gasteiger charge is 2.18. The maximum Gasteiger partial charge on any atom is 0.239 e. The van der Waals surface area contributed by atoms with Gasteiger partial charge >= 0.3 is 0 Å². The Morgan fingerprint density at radius 3 is 2.50 bits per heavy atom. The molecule has 0 atom stereocenters. The number of nitrogens with one attached hydrogen (secondary N) is 2. The summed E-state index contributed by atoms with van der Waals surface area (Å²) in [4.78, 5) is 24.5. The van der Waals surface area contributed by atoms with Gasteiger partial charge in [0.1, 0.15) is 0 Å². The van der Waals surface area contributed by atoms with Gasteiger partial charge in [0, 0.05) is 19.1 Å². The van der Waals surface area contributed by atoms with Crippen LogP contribution in [0.15, 0.2) is 0 Å². The number of hydrogen-bond donors (Lipinski definition) is 3. The molecule has 0 aromatic carbocycles. The zero-order valence-corrected chi connectivity index (χ0v) is 11.1. The lowest BCUT2D eigenvalue weighted by atomic mass is 10.2. The topological polar surface area (TPSA) is 87.5 Å². The third-order valence-electron chi connectivity index (χ3n) is 3.37. The number of nitrogens with zero attached hydrogens (tertiary/aromatic N) is 1. The lowest BCUT2D eigenvalue weighted by Crippen LogP contribution is -2.42. The molecule has 0 bridgehead atoms. The van der Waals surface area contributed by atoms with E-state index in [1.807, 2.05) is 0 Å². The summed E-state index contributed by atoms with van der Waals surface area (Å²) in [5, 5.41) is 5.22. The highest BCUT2D eigenvalue weighted by atomic mass is 16.2. The summed E-state index contributed by atoms with van der Waals surface area (Å²) in [5.74, 6) is -0.482. The van der Waals surface area contributed by atoms with Crippen molar-refractivity contribution in [2.45, 2.75) is 31.7 Å². The molecule has 1 fully saturated rings. The summed E-state index contributed by atoms with van der Waals surface area (Å²) >= 11 is 0. The highest BCUT2D eigenvalue weighted by molar-refractivity contribution is 5.85. The molecule has 18 heavy (non-hydrogen) atoms. The molecule has 4 N–H and O–H groups in total. The molecular weight excluding hydrogens is 232 g/mol. The average molecular weight is 256 g/mol. The Kier molecular flexibility index (Phi) is 6.67. The van der Waals surface area contributed by atoms with Crippen LogP contribution in [0.2, 0.25) is 0 Å². The first kappa shape index (κ1) is 14.9. The van der Waals surface area contributed by atoms with Crippen molar-refractivity contribution in [2.75, 3.05) is 33.2 Å². The van der Waals surface area contributed by atoms with Gasteiger partial charge in [-0.15, -0.1) is 0 Å². The van der Waals surface area contributed by atoms with Gasteiger partial charge in [-0.1, -0.05) is 12.8 Å². The fraction of sp³-hybridized carbons (Fsp3) is 0.833. The molecular formula is C12H24N4O2. The second kappa shape index (κ2) is 8.05. The van der Waals surface area contributed by atoms with Gasteiger partial charge in [0.2, 0.25) is 11.8 Å². The Labute approximate surface area is 108 Å². The number of hydrogen-bond acceptors (Lipinski definition) is 4. The molecule has 0 heterocycles. The third kappa shape index (κ3) is 5.46. The zero-order valence-electron chi connectivity index (χ0n) is 11.1. The quantitative estimate of drug-likeness (QED) is 0.548. The van der Waals surface area contributed by atoms with Crippen molar-refractivity contribution in [1.82, 2.24) is 15.5 Å². The van der Waals surface area contributed by atoms with Gasteiger partial charge in [-0.25, -0.2) is 0 Å². The largest absolute Gasteiger partial charge is 0.353 e. The number of rotatable bonds is 7. The predicted octanol–water partition coefficient (Wildman–Crippen LogP) is -0.948. The van der Waals surface area contributed by atoms with Gasteiger partial charge in [-0.3, -0.25) is 9.59 Å². The summed E-state index contributed by atoms with van der Waals surface area (Å²) in [7, 11) is 2.10. The molecule has 6 heteroatoms. The van der Waals surface area contributed by atoms with Gasteiger partial charge in [-0.2, -0.15) is 0 Å². The normalized spacial score (nSPS) is 15.9. The van der Waals surface area contributed by atoms with Gasteiger partial charge < -0.3 is 21.3 Å². The van der Waals surface area contributed by atoms with Crippen LogP contribution < -0.4 is 16.4 Å². The fourth-order valence-electron chi connectivity index (χ4n) is 2.21. The highest BCUT2D eigenvalue weighted by Crippen LogP contribution is 2.21. The maximum absolute atomic E-state index is 11.4. The van der Waals surface area contributed by atoms with Crippen LogP contribution in [-0.4, -0.2) is 56.0 Å². The van der Waals surface area contributed by atoms with E-state index in [0.29, 0.717) is 12.6 Å². The summed E-state index contributed by atoms with van der Waals surface area (Å²) in [6.07, 6.45) is 5.15. The van der Waals surface area contributed by atoms with E-state index in [4.69, 9.17) is 5.73 Å². The van der Waals surface area contributed by atoms with E-state index in [1.165, 1.54) is 25.7 Å². The second-order valence-electron chi connectivity index (χ2n) is 4.75. The minimum atomic E-state index is -0.312. The number of carbonyl (C=O) groups is 2. The lowest BCUT2D eigenvalue weighted by molar-refractivity contribution is -0.125. The maximum atomic E-state index is 11.4. The summed E-state index contributed by atoms with van der Waals surface area (Å²) in [6, 6.07) is 0.666. The van der Waals surface area contributed by atoms with Gasteiger partial charge in [0.15, 0.2) is 0 Å². The number of likely N-dealkylation sites (N-methyl/N-ethyl adjacent to an activating group) is 1. The van der Waals surface area contributed by atoms with E-state index in [2.05, 4.69) is 22.6 Å². The summed E-state index contributed by atoms with van der Waals surface area (Å²) in [6.45, 7) is 1.38. The van der Waals surface area contributed by atoms with E-state index in [0.717, 1.165) is 6.54 Å². The van der Waals surface area contributed by atoms with Crippen LogP contribution in [0.1, 0.15) is 25.7 Å². The second-order valence-corrected chi connectivity index (χ2v) is 4.75. The molecule has 0 aromatic heterocycles. The molecule has 2 amide bonds. The van der Waals surface area contributed by atoms with Gasteiger partial charge in [0.05, 0.1) is 13.1 Å². The molecule has 0 unspecified atom stereocenters. The van der Waals surface area contributed by atoms with Crippen molar-refractivity contribution in [2.24, 2.45) is 5.73 Å². The molecule has 6 nitrogen and oxygen atoms in total. The Bertz CT molecular complexity index is 277. The Morgan fingerprint density at radius 1 is 1.22 bits per heavy atom. The van der Waals surface area contributed by atoms with Crippen LogP contribution >= 0.6 is 0 Å². The SMILES string of the molecule is CN(CCNC(=O)CNC(=O)CN)C1CCCC1. The average Bonchev–Trinajstić information content (AvgIpc) is 2.89. The summed E-state index contributed by atoms with van der Waals surface area (Å²) in [5.41, 5.74) is 5.12. The van der Waals surface area contributed by atoms with Gasteiger partial charge in [0.25, 0.3) is 0 Å². The first-order valence-electron chi connectivity index (χ1n) is 6.57. The van der Waals surface area contributed by atoms with Crippen LogP contribution in [0.25, 0.3) is 0 Å². The fourth-order valence-corrected chi connectivity index (χ4v) is 2.21. The van der Waals surface area contributed by atoms with E-state index < -0.39 is 0 Å². The predicted molar refractivity (Wildman–Crippen MR) is 70.0 cm³/mol. The van der Waals surface area contributed by atoms with Crippen molar-refractivity contribution in [1.29, 1.82) is 0 Å². The van der Waals surface area contributed by atoms with E-state index >= 15 is 0 Å². The first-order valence-corrected chi connectivity index (χ1v) is 6.57. The Morgan fingerprint density at radius 2 is 1.89 bits per heavy atom. The van der Waals surface area contributed by atoms with Crippen molar-refractivity contribution in [3.05, 3.63) is 0 Å². The molecule has 1 aliphatic carbocycles. The van der Waals surface area contributed by atoms with Crippen molar-refractivity contribution < 1.29 is 9.59 Å². The number of amides is 2. The number of nitrogens with two attached hydrogens (primary N) is 1. The van der Waals surface area contributed by atoms with Crippen LogP contribution in [0.3, 0.4) is 0 Å². The van der Waals surface area contributed by atoms with Crippen LogP contribution in [0.5, 0.6) is 0 Å². The zero-order chi connectivity index (χ0) is 13.4. The lowest BCUT2D eigenvalue weighted by Gasteiger charge is -2.23.